The molecule has 172 valence electrons. The van der Waals surface area contributed by atoms with Gasteiger partial charge in [0.05, 0.1) is 11.1 Å². The number of alkyl halides is 3. The Kier molecular flexibility index (Phi) is 6.48. The zero-order valence-electron chi connectivity index (χ0n) is 17.6. The molecule has 5 nitrogen and oxygen atoms in total. The van der Waals surface area contributed by atoms with Crippen molar-refractivity contribution in [3.63, 3.8) is 0 Å². The standard InChI is InChI=1S/C24H21F4N3O2/c25-19-8-5-17(6-9-19)16-33-21-4-2-1-3-20(21)23(32)31-13-11-30(12-14-31)22-10-7-18(15-29-22)24(26,27)28/h1-10,15H,11-14,16H2. The van der Waals surface area contributed by atoms with Gasteiger partial charge >= 0.3 is 6.18 Å². The maximum atomic E-state index is 13.1. The molecule has 0 radical (unpaired) electrons. The molecule has 2 heterocycles. The lowest BCUT2D eigenvalue weighted by Gasteiger charge is -2.35. The normalized spacial score (nSPS) is 14.3. The monoisotopic (exact) mass is 459 g/mol. The highest BCUT2D eigenvalue weighted by Gasteiger charge is 2.31. The van der Waals surface area contributed by atoms with Crippen LogP contribution in [0.4, 0.5) is 23.4 Å². The number of benzene rings is 2. The number of rotatable bonds is 5. The summed E-state index contributed by atoms with van der Waals surface area (Å²) in [6.07, 6.45) is -3.61. The van der Waals surface area contributed by atoms with Gasteiger partial charge in [0, 0.05) is 32.4 Å². The van der Waals surface area contributed by atoms with Crippen molar-refractivity contribution in [3.05, 3.63) is 89.4 Å². The minimum Gasteiger partial charge on any atom is -0.488 e. The van der Waals surface area contributed by atoms with E-state index in [9.17, 15) is 22.4 Å². The highest BCUT2D eigenvalue weighted by atomic mass is 19.4. The molecule has 1 aliphatic heterocycles. The zero-order chi connectivity index (χ0) is 23.4. The van der Waals surface area contributed by atoms with E-state index >= 15 is 0 Å². The van der Waals surface area contributed by atoms with Crippen LogP contribution in [0, 0.1) is 5.82 Å². The van der Waals surface area contributed by atoms with Crippen LogP contribution >= 0.6 is 0 Å². The molecule has 0 spiro atoms. The fourth-order valence-corrected chi connectivity index (χ4v) is 3.56. The quantitative estimate of drug-likeness (QED) is 0.516. The average Bonchev–Trinajstić information content (AvgIpc) is 2.83. The Balaban J connectivity index is 1.38. The fraction of sp³-hybridized carbons (Fsp3) is 0.250. The van der Waals surface area contributed by atoms with Crippen LogP contribution in [-0.2, 0) is 12.8 Å². The Bertz CT molecular complexity index is 1090. The van der Waals surface area contributed by atoms with Gasteiger partial charge in [-0.3, -0.25) is 4.79 Å². The number of ether oxygens (including phenoxy) is 1. The number of piperazine rings is 1. The zero-order valence-corrected chi connectivity index (χ0v) is 17.6. The van der Waals surface area contributed by atoms with E-state index in [1.807, 2.05) is 4.90 Å². The molecular formula is C24H21F4N3O2. The lowest BCUT2D eigenvalue weighted by atomic mass is 10.1. The molecule has 33 heavy (non-hydrogen) atoms. The van der Waals surface area contributed by atoms with Gasteiger partial charge in [-0.25, -0.2) is 9.37 Å². The van der Waals surface area contributed by atoms with Crippen LogP contribution in [0.3, 0.4) is 0 Å². The first-order valence-corrected chi connectivity index (χ1v) is 10.3. The van der Waals surface area contributed by atoms with E-state index in [-0.39, 0.29) is 18.3 Å². The number of pyridine rings is 1. The topological polar surface area (TPSA) is 45.7 Å². The van der Waals surface area contributed by atoms with Crippen molar-refractivity contribution in [1.82, 2.24) is 9.88 Å². The van der Waals surface area contributed by atoms with Gasteiger partial charge < -0.3 is 14.5 Å². The van der Waals surface area contributed by atoms with Gasteiger partial charge in [-0.2, -0.15) is 13.2 Å². The van der Waals surface area contributed by atoms with Crippen LogP contribution < -0.4 is 9.64 Å². The molecule has 4 rings (SSSR count). The van der Waals surface area contributed by atoms with Gasteiger partial charge in [-0.15, -0.1) is 0 Å². The summed E-state index contributed by atoms with van der Waals surface area (Å²) >= 11 is 0. The lowest BCUT2D eigenvalue weighted by Crippen LogP contribution is -2.49. The predicted octanol–water partition coefficient (Wildman–Crippen LogP) is 4.78. The maximum absolute atomic E-state index is 13.1. The van der Waals surface area contributed by atoms with Crippen molar-refractivity contribution in [2.45, 2.75) is 12.8 Å². The van der Waals surface area contributed by atoms with Crippen LogP contribution in [-0.4, -0.2) is 42.0 Å². The summed E-state index contributed by atoms with van der Waals surface area (Å²) in [5.74, 6) is 0.349. The Morgan fingerprint density at radius 1 is 0.939 bits per heavy atom. The lowest BCUT2D eigenvalue weighted by molar-refractivity contribution is -0.137. The molecule has 1 saturated heterocycles. The van der Waals surface area contributed by atoms with Gasteiger partial charge in [0.15, 0.2) is 0 Å². The molecule has 0 bridgehead atoms. The van der Waals surface area contributed by atoms with Crippen molar-refractivity contribution in [2.75, 3.05) is 31.1 Å². The summed E-state index contributed by atoms with van der Waals surface area (Å²) < 4.78 is 57.1. The molecule has 0 aliphatic carbocycles. The number of aromatic nitrogens is 1. The first-order valence-electron chi connectivity index (χ1n) is 10.3. The number of amides is 1. The molecule has 3 aromatic rings. The first kappa shape index (κ1) is 22.6. The average molecular weight is 459 g/mol. The third-order valence-corrected chi connectivity index (χ3v) is 5.39. The van der Waals surface area contributed by atoms with Crippen LogP contribution in [0.2, 0.25) is 0 Å². The second-order valence-electron chi connectivity index (χ2n) is 7.59. The molecule has 1 aromatic heterocycles. The van der Waals surface area contributed by atoms with Crippen molar-refractivity contribution >= 4 is 11.7 Å². The molecule has 1 aliphatic rings. The molecule has 0 N–H and O–H groups in total. The summed E-state index contributed by atoms with van der Waals surface area (Å²) in [5.41, 5.74) is 0.398. The van der Waals surface area contributed by atoms with Gasteiger partial charge in [-0.1, -0.05) is 24.3 Å². The second kappa shape index (κ2) is 9.48. The van der Waals surface area contributed by atoms with E-state index in [0.29, 0.717) is 43.3 Å². The van der Waals surface area contributed by atoms with E-state index in [1.165, 1.54) is 18.2 Å². The third-order valence-electron chi connectivity index (χ3n) is 5.39. The van der Waals surface area contributed by atoms with Crippen LogP contribution in [0.5, 0.6) is 5.75 Å². The van der Waals surface area contributed by atoms with Crippen molar-refractivity contribution in [2.24, 2.45) is 0 Å². The Morgan fingerprint density at radius 3 is 2.27 bits per heavy atom. The largest absolute Gasteiger partial charge is 0.488 e. The number of hydrogen-bond acceptors (Lipinski definition) is 4. The number of carbonyl (C=O) groups is 1. The number of nitrogens with zero attached hydrogens (tertiary/aromatic N) is 3. The molecule has 0 atom stereocenters. The Labute approximate surface area is 188 Å². The highest BCUT2D eigenvalue weighted by Crippen LogP contribution is 2.29. The van der Waals surface area contributed by atoms with E-state index in [1.54, 1.807) is 41.3 Å². The second-order valence-corrected chi connectivity index (χ2v) is 7.59. The SMILES string of the molecule is O=C(c1ccccc1OCc1ccc(F)cc1)N1CCN(c2ccc(C(F)(F)F)cn2)CC1. The molecule has 2 aromatic carbocycles. The van der Waals surface area contributed by atoms with Gasteiger partial charge in [0.25, 0.3) is 5.91 Å². The summed E-state index contributed by atoms with van der Waals surface area (Å²) in [6.45, 7) is 1.88. The molecule has 1 fully saturated rings. The van der Waals surface area contributed by atoms with Crippen molar-refractivity contribution in [3.8, 4) is 5.75 Å². The van der Waals surface area contributed by atoms with Crippen molar-refractivity contribution < 1.29 is 27.1 Å². The van der Waals surface area contributed by atoms with E-state index in [2.05, 4.69) is 4.98 Å². The van der Waals surface area contributed by atoms with Crippen LogP contribution in [0.15, 0.2) is 66.9 Å². The van der Waals surface area contributed by atoms with Gasteiger partial charge in [0.1, 0.15) is 24.0 Å². The smallest absolute Gasteiger partial charge is 0.417 e. The Hall–Kier alpha value is -3.62. The molecule has 9 heteroatoms. The summed E-state index contributed by atoms with van der Waals surface area (Å²) in [4.78, 5) is 20.6. The highest BCUT2D eigenvalue weighted by molar-refractivity contribution is 5.97. The minimum absolute atomic E-state index is 0.190. The van der Waals surface area contributed by atoms with Gasteiger partial charge in [0.2, 0.25) is 0 Å². The number of anilines is 1. The summed E-state index contributed by atoms with van der Waals surface area (Å²) in [6, 6.07) is 15.2. The molecular weight excluding hydrogens is 438 g/mol. The van der Waals surface area contributed by atoms with Crippen LogP contribution in [0.25, 0.3) is 0 Å². The Morgan fingerprint density at radius 2 is 1.64 bits per heavy atom. The van der Waals surface area contributed by atoms with E-state index in [4.69, 9.17) is 4.74 Å². The fourth-order valence-electron chi connectivity index (χ4n) is 3.56. The molecule has 1 amide bonds. The van der Waals surface area contributed by atoms with Crippen molar-refractivity contribution in [1.29, 1.82) is 0 Å². The van der Waals surface area contributed by atoms with E-state index < -0.39 is 11.7 Å². The number of halogens is 4. The number of para-hydroxylation sites is 1. The minimum atomic E-state index is -4.43. The number of carbonyl (C=O) groups excluding carboxylic acids is 1. The third kappa shape index (κ3) is 5.42. The summed E-state index contributed by atoms with van der Waals surface area (Å²) in [7, 11) is 0. The molecule has 0 saturated carbocycles. The maximum Gasteiger partial charge on any atom is 0.417 e. The van der Waals surface area contributed by atoms with Crippen LogP contribution in [0.1, 0.15) is 21.5 Å². The first-order chi connectivity index (χ1) is 15.8. The van der Waals surface area contributed by atoms with E-state index in [0.717, 1.165) is 17.8 Å². The van der Waals surface area contributed by atoms with Gasteiger partial charge in [-0.05, 0) is 42.0 Å². The number of hydrogen-bond donors (Lipinski definition) is 0. The molecule has 0 unspecified atom stereocenters. The predicted molar refractivity (Wildman–Crippen MR) is 115 cm³/mol. The summed E-state index contributed by atoms with van der Waals surface area (Å²) in [5, 5.41) is 0.